The maximum Gasteiger partial charge on any atom is 0.244 e. The molecule has 1 fully saturated rings. The van der Waals surface area contributed by atoms with Gasteiger partial charge in [0.15, 0.2) is 5.78 Å². The minimum absolute atomic E-state index is 0.0795. The first-order valence-electron chi connectivity index (χ1n) is 12.4. The van der Waals surface area contributed by atoms with Crippen LogP contribution in [0.2, 0.25) is 5.02 Å². The van der Waals surface area contributed by atoms with Gasteiger partial charge < -0.3 is 10.2 Å². The summed E-state index contributed by atoms with van der Waals surface area (Å²) in [4.78, 5) is 40.4. The van der Waals surface area contributed by atoms with Gasteiger partial charge >= 0.3 is 0 Å². The number of halogens is 1. The molecule has 2 aromatic rings. The van der Waals surface area contributed by atoms with Gasteiger partial charge in [-0.3, -0.25) is 18.7 Å². The van der Waals surface area contributed by atoms with E-state index in [4.69, 9.17) is 11.6 Å². The van der Waals surface area contributed by atoms with Gasteiger partial charge in [0.1, 0.15) is 12.6 Å². The van der Waals surface area contributed by atoms with Crippen molar-refractivity contribution in [1.82, 2.24) is 10.2 Å². The van der Waals surface area contributed by atoms with Gasteiger partial charge in [-0.2, -0.15) is 0 Å². The molecular formula is C27H34ClN3O5S. The summed E-state index contributed by atoms with van der Waals surface area (Å²) in [6.07, 6.45) is 5.28. The van der Waals surface area contributed by atoms with E-state index in [0.717, 1.165) is 41.8 Å². The summed E-state index contributed by atoms with van der Waals surface area (Å²) >= 11 is 6.03. The van der Waals surface area contributed by atoms with Crippen LogP contribution in [0.25, 0.3) is 0 Å². The monoisotopic (exact) mass is 547 g/mol. The Morgan fingerprint density at radius 3 is 2.30 bits per heavy atom. The van der Waals surface area contributed by atoms with Gasteiger partial charge in [0, 0.05) is 23.2 Å². The number of ketones is 1. The van der Waals surface area contributed by atoms with E-state index in [1.165, 1.54) is 24.0 Å². The van der Waals surface area contributed by atoms with Crippen molar-refractivity contribution in [3.05, 3.63) is 64.7 Å². The molecular weight excluding hydrogens is 514 g/mol. The first kappa shape index (κ1) is 28.7. The number of carbonyl (C=O) groups is 3. The highest BCUT2D eigenvalue weighted by molar-refractivity contribution is 7.92. The number of sulfonamides is 1. The number of nitrogens with zero attached hydrogens (tertiary/aromatic N) is 2. The minimum atomic E-state index is -3.88. The summed E-state index contributed by atoms with van der Waals surface area (Å²) in [6.45, 7) is 2.81. The highest BCUT2D eigenvalue weighted by atomic mass is 35.5. The lowest BCUT2D eigenvalue weighted by molar-refractivity contribution is -0.140. The fourth-order valence-corrected chi connectivity index (χ4v) is 5.53. The van der Waals surface area contributed by atoms with Crippen molar-refractivity contribution in [3.63, 3.8) is 0 Å². The topological polar surface area (TPSA) is 104 Å². The van der Waals surface area contributed by atoms with E-state index in [9.17, 15) is 22.8 Å². The third-order valence-corrected chi connectivity index (χ3v) is 7.97. The molecule has 1 atom stereocenters. The van der Waals surface area contributed by atoms with Gasteiger partial charge in [-0.15, -0.1) is 0 Å². The molecule has 10 heteroatoms. The highest BCUT2D eigenvalue weighted by Gasteiger charge is 2.33. The summed E-state index contributed by atoms with van der Waals surface area (Å²) in [5.41, 5.74) is 1.30. The van der Waals surface area contributed by atoms with Crippen molar-refractivity contribution in [1.29, 1.82) is 0 Å². The third kappa shape index (κ3) is 7.79. The first-order valence-corrected chi connectivity index (χ1v) is 14.6. The number of amides is 2. The van der Waals surface area contributed by atoms with Gasteiger partial charge in [-0.05, 0) is 56.0 Å². The Balaban J connectivity index is 1.94. The van der Waals surface area contributed by atoms with E-state index < -0.39 is 28.5 Å². The Bertz CT molecular complexity index is 1230. The maximum atomic E-state index is 13.8. The summed E-state index contributed by atoms with van der Waals surface area (Å²) in [5, 5.41) is 3.61. The Kier molecular flexibility index (Phi) is 9.73. The van der Waals surface area contributed by atoms with Crippen molar-refractivity contribution in [3.8, 4) is 0 Å². The largest absolute Gasteiger partial charge is 0.352 e. The average molecular weight is 548 g/mol. The summed E-state index contributed by atoms with van der Waals surface area (Å²) < 4.78 is 26.5. The van der Waals surface area contributed by atoms with Crippen LogP contribution in [-0.4, -0.2) is 55.8 Å². The van der Waals surface area contributed by atoms with E-state index in [1.807, 2.05) is 6.92 Å². The van der Waals surface area contributed by atoms with Gasteiger partial charge in [0.05, 0.1) is 11.9 Å². The number of rotatable bonds is 11. The van der Waals surface area contributed by atoms with E-state index in [-0.39, 0.29) is 30.0 Å². The highest BCUT2D eigenvalue weighted by Crippen LogP contribution is 2.23. The lowest BCUT2D eigenvalue weighted by Gasteiger charge is -2.33. The molecule has 0 spiro atoms. The second-order valence-corrected chi connectivity index (χ2v) is 11.8. The Morgan fingerprint density at radius 2 is 1.73 bits per heavy atom. The number of carbonyl (C=O) groups excluding carboxylic acids is 3. The molecule has 0 bridgehead atoms. The van der Waals surface area contributed by atoms with E-state index in [2.05, 4.69) is 5.32 Å². The number of benzene rings is 2. The van der Waals surface area contributed by atoms with Crippen molar-refractivity contribution in [2.24, 2.45) is 0 Å². The molecule has 37 heavy (non-hydrogen) atoms. The summed E-state index contributed by atoms with van der Waals surface area (Å²) in [7, 11) is -3.88. The predicted octanol–water partition coefficient (Wildman–Crippen LogP) is 4.17. The van der Waals surface area contributed by atoms with Crippen molar-refractivity contribution >= 4 is 44.9 Å². The number of Topliss-reactive ketones (excluding diaryl/α,β-unsaturated/α-hetero) is 1. The van der Waals surface area contributed by atoms with E-state index in [1.54, 1.807) is 36.4 Å². The molecule has 0 unspecified atom stereocenters. The predicted molar refractivity (Wildman–Crippen MR) is 145 cm³/mol. The first-order chi connectivity index (χ1) is 17.5. The third-order valence-electron chi connectivity index (χ3n) is 6.57. The second kappa shape index (κ2) is 12.6. The molecule has 8 nitrogen and oxygen atoms in total. The normalized spacial score (nSPS) is 14.7. The van der Waals surface area contributed by atoms with Gasteiger partial charge in [0.25, 0.3) is 0 Å². The van der Waals surface area contributed by atoms with E-state index in [0.29, 0.717) is 17.0 Å². The summed E-state index contributed by atoms with van der Waals surface area (Å²) in [6, 6.07) is 12.4. The van der Waals surface area contributed by atoms with Crippen LogP contribution in [0, 0.1) is 0 Å². The molecule has 200 valence electrons. The minimum Gasteiger partial charge on any atom is -0.352 e. The van der Waals surface area contributed by atoms with Gasteiger partial charge in [0.2, 0.25) is 21.8 Å². The van der Waals surface area contributed by atoms with Crippen LogP contribution >= 0.6 is 11.6 Å². The standard InChI is InChI=1S/C27H34ClN3O5S/c1-4-25(27(34)29-23-9-5-6-10-23)30(17-20-12-14-22(28)15-13-20)26(33)18-31(37(3,35)36)24-11-7-8-21(16-24)19(2)32/h7-8,11-16,23,25H,4-6,9-10,17-18H2,1-3H3,(H,29,34)/t25-/m1/s1. The molecule has 2 aromatic carbocycles. The lowest BCUT2D eigenvalue weighted by Crippen LogP contribution is -2.53. The zero-order chi connectivity index (χ0) is 27.2. The second-order valence-electron chi connectivity index (χ2n) is 9.44. The molecule has 0 aliphatic heterocycles. The van der Waals surface area contributed by atoms with Crippen LogP contribution in [0.15, 0.2) is 48.5 Å². The molecule has 0 aromatic heterocycles. The fourth-order valence-electron chi connectivity index (χ4n) is 4.57. The fraction of sp³-hybridized carbons (Fsp3) is 0.444. The zero-order valence-electron chi connectivity index (χ0n) is 21.4. The van der Waals surface area contributed by atoms with Gasteiger partial charge in [-0.25, -0.2) is 8.42 Å². The van der Waals surface area contributed by atoms with Crippen molar-refractivity contribution in [2.75, 3.05) is 17.1 Å². The Hall–Kier alpha value is -2.91. The van der Waals surface area contributed by atoms with Crippen molar-refractivity contribution in [2.45, 2.75) is 64.6 Å². The van der Waals surface area contributed by atoms with Crippen LogP contribution in [0.3, 0.4) is 0 Å². The molecule has 3 rings (SSSR count). The molecule has 1 N–H and O–H groups in total. The quantitative estimate of drug-likeness (QED) is 0.425. The number of hydrogen-bond acceptors (Lipinski definition) is 5. The molecule has 0 radical (unpaired) electrons. The molecule has 2 amide bonds. The average Bonchev–Trinajstić information content (AvgIpc) is 3.35. The number of hydrogen-bond donors (Lipinski definition) is 1. The number of anilines is 1. The Morgan fingerprint density at radius 1 is 1.08 bits per heavy atom. The Labute approximate surface area is 224 Å². The SMILES string of the molecule is CC[C@H](C(=O)NC1CCCC1)N(Cc1ccc(Cl)cc1)C(=O)CN(c1cccc(C(C)=O)c1)S(C)(=O)=O. The smallest absolute Gasteiger partial charge is 0.244 e. The van der Waals surface area contributed by atoms with Crippen LogP contribution in [0.4, 0.5) is 5.69 Å². The molecule has 1 saturated carbocycles. The summed E-state index contributed by atoms with van der Waals surface area (Å²) in [5.74, 6) is -0.996. The van der Waals surface area contributed by atoms with Crippen LogP contribution in [0.1, 0.15) is 61.9 Å². The molecule has 1 aliphatic rings. The van der Waals surface area contributed by atoms with Crippen LogP contribution in [0.5, 0.6) is 0 Å². The zero-order valence-corrected chi connectivity index (χ0v) is 23.0. The van der Waals surface area contributed by atoms with Crippen LogP contribution in [-0.2, 0) is 26.2 Å². The number of nitrogens with one attached hydrogen (secondary N) is 1. The molecule has 1 aliphatic carbocycles. The maximum absolute atomic E-state index is 13.8. The lowest BCUT2D eigenvalue weighted by atomic mass is 10.1. The van der Waals surface area contributed by atoms with Crippen molar-refractivity contribution < 1.29 is 22.8 Å². The van der Waals surface area contributed by atoms with Crippen LogP contribution < -0.4 is 9.62 Å². The van der Waals surface area contributed by atoms with E-state index >= 15 is 0 Å². The molecule has 0 heterocycles. The van der Waals surface area contributed by atoms with Gasteiger partial charge in [-0.1, -0.05) is 55.6 Å². The molecule has 0 saturated heterocycles.